The summed E-state index contributed by atoms with van der Waals surface area (Å²) in [4.78, 5) is 18.2. The number of amides is 1. The van der Waals surface area contributed by atoms with Crippen molar-refractivity contribution in [2.45, 2.75) is 26.3 Å². The largest absolute Gasteiger partial charge is 0.490 e. The minimum Gasteiger partial charge on any atom is -0.490 e. The van der Waals surface area contributed by atoms with Crippen LogP contribution in [-0.4, -0.2) is 50.6 Å². The molecule has 0 bridgehead atoms. The van der Waals surface area contributed by atoms with Gasteiger partial charge in [0.15, 0.2) is 17.5 Å². The Morgan fingerprint density at radius 2 is 1.84 bits per heavy atom. The first-order valence-corrected chi connectivity index (χ1v) is 10.2. The minimum absolute atomic E-state index is 0. The molecule has 0 aromatic heterocycles. The van der Waals surface area contributed by atoms with Crippen LogP contribution in [0.15, 0.2) is 47.5 Å². The quantitative estimate of drug-likeness (QED) is 0.333. The third-order valence-corrected chi connectivity index (χ3v) is 4.81. The number of rotatable bonds is 6. The molecular formula is C23H31IN4O3. The van der Waals surface area contributed by atoms with Crippen molar-refractivity contribution in [3.05, 3.63) is 53.6 Å². The smallest absolute Gasteiger partial charge is 0.223 e. The number of carbonyl (C=O) groups excluding carboxylic acids is 1. The number of fused-ring (bicyclic) bond motifs is 1. The van der Waals surface area contributed by atoms with Crippen molar-refractivity contribution in [1.29, 1.82) is 0 Å². The maximum atomic E-state index is 11.9. The van der Waals surface area contributed by atoms with Crippen molar-refractivity contribution >= 4 is 41.5 Å². The highest BCUT2D eigenvalue weighted by Crippen LogP contribution is 2.32. The van der Waals surface area contributed by atoms with Gasteiger partial charge in [0.05, 0.1) is 19.8 Å². The van der Waals surface area contributed by atoms with Crippen molar-refractivity contribution in [3.63, 3.8) is 0 Å². The van der Waals surface area contributed by atoms with Crippen molar-refractivity contribution < 1.29 is 14.3 Å². The molecule has 168 valence electrons. The molecule has 0 spiro atoms. The number of aryl methyl sites for hydroxylation is 1. The molecule has 0 saturated heterocycles. The second-order valence-corrected chi connectivity index (χ2v) is 7.39. The van der Waals surface area contributed by atoms with Gasteiger partial charge in [0.1, 0.15) is 0 Å². The molecule has 2 N–H and O–H groups in total. The van der Waals surface area contributed by atoms with E-state index in [0.717, 1.165) is 29.2 Å². The summed E-state index contributed by atoms with van der Waals surface area (Å²) in [5, 5.41) is 6.58. The van der Waals surface area contributed by atoms with Gasteiger partial charge in [-0.05, 0) is 30.2 Å². The average molecular weight is 538 g/mol. The standard InChI is InChI=1S/C23H30N4O3.HI/c1-17-7-4-5-8-18(17)16-25-23(24-12-11-22(28)27(2)3)26-19-9-10-20-21(15-19)30-14-6-13-29-20;/h4-5,7-10,15H,6,11-14,16H2,1-3H3,(H2,24,25,26);1H. The van der Waals surface area contributed by atoms with Crippen LogP contribution in [0.25, 0.3) is 0 Å². The van der Waals surface area contributed by atoms with Gasteiger partial charge in [-0.25, -0.2) is 4.99 Å². The molecule has 31 heavy (non-hydrogen) atoms. The van der Waals surface area contributed by atoms with Gasteiger partial charge in [0.25, 0.3) is 0 Å². The zero-order valence-corrected chi connectivity index (χ0v) is 20.6. The van der Waals surface area contributed by atoms with Crippen LogP contribution in [0.5, 0.6) is 11.5 Å². The second-order valence-electron chi connectivity index (χ2n) is 7.39. The molecule has 1 heterocycles. The van der Waals surface area contributed by atoms with Crippen LogP contribution in [0.2, 0.25) is 0 Å². The Morgan fingerprint density at radius 3 is 2.58 bits per heavy atom. The lowest BCUT2D eigenvalue weighted by Gasteiger charge is -2.16. The first-order chi connectivity index (χ1) is 14.5. The van der Waals surface area contributed by atoms with Crippen molar-refractivity contribution in [3.8, 4) is 11.5 Å². The monoisotopic (exact) mass is 538 g/mol. The predicted octanol–water partition coefficient (Wildman–Crippen LogP) is 3.81. The van der Waals surface area contributed by atoms with Crippen LogP contribution in [0.4, 0.5) is 5.69 Å². The van der Waals surface area contributed by atoms with E-state index in [9.17, 15) is 4.79 Å². The van der Waals surface area contributed by atoms with Crippen molar-refractivity contribution in [1.82, 2.24) is 10.2 Å². The highest BCUT2D eigenvalue weighted by atomic mass is 127. The summed E-state index contributed by atoms with van der Waals surface area (Å²) < 4.78 is 11.5. The van der Waals surface area contributed by atoms with E-state index in [2.05, 4.69) is 29.7 Å². The molecule has 1 aliphatic rings. The first-order valence-electron chi connectivity index (χ1n) is 10.2. The van der Waals surface area contributed by atoms with Gasteiger partial charge < -0.3 is 25.0 Å². The molecule has 0 aliphatic carbocycles. The lowest BCUT2D eigenvalue weighted by molar-refractivity contribution is -0.128. The van der Waals surface area contributed by atoms with Gasteiger partial charge >= 0.3 is 0 Å². The molecule has 2 aromatic carbocycles. The normalized spacial score (nSPS) is 12.9. The SMILES string of the molecule is Cc1ccccc1CN=C(NCCC(=O)N(C)C)Nc1ccc2c(c1)OCCCO2.I. The average Bonchev–Trinajstić information content (AvgIpc) is 2.97. The van der Waals surface area contributed by atoms with E-state index in [0.29, 0.717) is 38.7 Å². The van der Waals surface area contributed by atoms with Crippen LogP contribution in [0.1, 0.15) is 24.0 Å². The summed E-state index contributed by atoms with van der Waals surface area (Å²) >= 11 is 0. The topological polar surface area (TPSA) is 75.2 Å². The Labute approximate surface area is 201 Å². The van der Waals surface area contributed by atoms with Crippen LogP contribution in [-0.2, 0) is 11.3 Å². The Hall–Kier alpha value is -2.49. The van der Waals surface area contributed by atoms with Gasteiger partial charge in [-0.2, -0.15) is 0 Å². The number of aliphatic imine (C=N–C) groups is 1. The number of hydrogen-bond donors (Lipinski definition) is 2. The Morgan fingerprint density at radius 1 is 1.10 bits per heavy atom. The number of ether oxygens (including phenoxy) is 2. The molecule has 7 nitrogen and oxygen atoms in total. The maximum Gasteiger partial charge on any atom is 0.223 e. The zero-order chi connectivity index (χ0) is 21.3. The molecule has 0 saturated carbocycles. The molecule has 0 radical (unpaired) electrons. The third-order valence-electron chi connectivity index (χ3n) is 4.81. The summed E-state index contributed by atoms with van der Waals surface area (Å²) in [6.07, 6.45) is 1.25. The van der Waals surface area contributed by atoms with E-state index < -0.39 is 0 Å². The fourth-order valence-corrected chi connectivity index (χ4v) is 2.98. The van der Waals surface area contributed by atoms with Gasteiger partial charge in [-0.1, -0.05) is 24.3 Å². The van der Waals surface area contributed by atoms with E-state index in [4.69, 9.17) is 14.5 Å². The summed E-state index contributed by atoms with van der Waals surface area (Å²) in [6, 6.07) is 13.9. The Bertz CT molecular complexity index is 902. The van der Waals surface area contributed by atoms with E-state index in [1.165, 1.54) is 5.56 Å². The second kappa shape index (κ2) is 12.4. The van der Waals surface area contributed by atoms with Crippen LogP contribution in [0.3, 0.4) is 0 Å². The van der Waals surface area contributed by atoms with Crippen LogP contribution >= 0.6 is 24.0 Å². The summed E-state index contributed by atoms with van der Waals surface area (Å²) in [7, 11) is 3.51. The zero-order valence-electron chi connectivity index (χ0n) is 18.3. The van der Waals surface area contributed by atoms with Gasteiger partial charge in [-0.3, -0.25) is 4.79 Å². The summed E-state index contributed by atoms with van der Waals surface area (Å²) in [5.41, 5.74) is 3.19. The van der Waals surface area contributed by atoms with Crippen molar-refractivity contribution in [2.24, 2.45) is 4.99 Å². The highest BCUT2D eigenvalue weighted by Gasteiger charge is 2.12. The number of nitrogens with one attached hydrogen (secondary N) is 2. The van der Waals surface area contributed by atoms with Crippen LogP contribution < -0.4 is 20.1 Å². The molecule has 1 amide bonds. The van der Waals surface area contributed by atoms with E-state index in [-0.39, 0.29) is 29.9 Å². The molecule has 0 atom stereocenters. The third kappa shape index (κ3) is 7.61. The molecule has 1 aliphatic heterocycles. The Kier molecular flexibility index (Phi) is 9.90. The molecule has 2 aromatic rings. The number of anilines is 1. The number of benzene rings is 2. The summed E-state index contributed by atoms with van der Waals surface area (Å²) in [5.74, 6) is 2.15. The fraction of sp³-hybridized carbons (Fsp3) is 0.391. The lowest BCUT2D eigenvalue weighted by Crippen LogP contribution is -2.34. The number of guanidine groups is 1. The molecule has 8 heteroatoms. The van der Waals surface area contributed by atoms with Crippen molar-refractivity contribution in [2.75, 3.05) is 39.2 Å². The predicted molar refractivity (Wildman–Crippen MR) is 135 cm³/mol. The fourth-order valence-electron chi connectivity index (χ4n) is 2.98. The van der Waals surface area contributed by atoms with E-state index >= 15 is 0 Å². The van der Waals surface area contributed by atoms with Gasteiger partial charge in [-0.15, -0.1) is 24.0 Å². The maximum absolute atomic E-state index is 11.9. The number of halogens is 1. The lowest BCUT2D eigenvalue weighted by atomic mass is 10.1. The van der Waals surface area contributed by atoms with Gasteiger partial charge in [0, 0.05) is 45.2 Å². The molecule has 3 rings (SSSR count). The van der Waals surface area contributed by atoms with E-state index in [1.54, 1.807) is 19.0 Å². The highest BCUT2D eigenvalue weighted by molar-refractivity contribution is 14.0. The number of nitrogens with zero attached hydrogens (tertiary/aromatic N) is 2. The molecular weight excluding hydrogens is 507 g/mol. The first kappa shape index (κ1) is 24.8. The number of carbonyl (C=O) groups is 1. The Balaban J connectivity index is 0.00000341. The molecule has 0 unspecified atom stereocenters. The van der Waals surface area contributed by atoms with Crippen LogP contribution in [0, 0.1) is 6.92 Å². The molecule has 0 fully saturated rings. The minimum atomic E-state index is 0. The number of hydrogen-bond acceptors (Lipinski definition) is 4. The van der Waals surface area contributed by atoms with Gasteiger partial charge in [0.2, 0.25) is 5.91 Å². The van der Waals surface area contributed by atoms with E-state index in [1.807, 2.05) is 30.3 Å². The summed E-state index contributed by atoms with van der Waals surface area (Å²) in [6.45, 7) is 4.39.